The molecule has 1 aliphatic rings. The molecule has 8 nitrogen and oxygen atoms in total. The van der Waals surface area contributed by atoms with Crippen LogP contribution in [0.3, 0.4) is 0 Å². The number of aryl methyl sites for hydroxylation is 2. The quantitative estimate of drug-likeness (QED) is 0.542. The number of hydrogen-bond acceptors (Lipinski definition) is 7. The Kier molecular flexibility index (Phi) is 5.79. The number of esters is 1. The van der Waals surface area contributed by atoms with Gasteiger partial charge in [0.25, 0.3) is 5.56 Å². The summed E-state index contributed by atoms with van der Waals surface area (Å²) in [6, 6.07) is 7.23. The predicted octanol–water partition coefficient (Wildman–Crippen LogP) is 2.67. The van der Waals surface area contributed by atoms with E-state index < -0.39 is 5.97 Å². The molecule has 31 heavy (non-hydrogen) atoms. The van der Waals surface area contributed by atoms with Gasteiger partial charge in [0.1, 0.15) is 12.4 Å². The van der Waals surface area contributed by atoms with Crippen LogP contribution in [0.2, 0.25) is 0 Å². The van der Waals surface area contributed by atoms with Crippen molar-refractivity contribution in [2.45, 2.75) is 32.7 Å². The summed E-state index contributed by atoms with van der Waals surface area (Å²) < 4.78 is 12.0. The maximum Gasteiger partial charge on any atom is 0.325 e. The van der Waals surface area contributed by atoms with Crippen molar-refractivity contribution < 1.29 is 14.3 Å². The third-order valence-corrected chi connectivity index (χ3v) is 5.37. The second-order valence-corrected chi connectivity index (χ2v) is 7.77. The van der Waals surface area contributed by atoms with E-state index in [0.29, 0.717) is 41.3 Å². The van der Waals surface area contributed by atoms with Crippen molar-refractivity contribution in [1.29, 1.82) is 0 Å². The molecule has 1 unspecified atom stereocenters. The average Bonchev–Trinajstić information content (AvgIpc) is 3.54. The first-order chi connectivity index (χ1) is 14.9. The molecule has 0 amide bonds. The van der Waals surface area contributed by atoms with E-state index in [4.69, 9.17) is 4.74 Å². The van der Waals surface area contributed by atoms with Crippen molar-refractivity contribution >= 4 is 5.97 Å². The van der Waals surface area contributed by atoms with Crippen molar-refractivity contribution in [3.05, 3.63) is 70.3 Å². The minimum absolute atomic E-state index is 0.167. The predicted molar refractivity (Wildman–Crippen MR) is 114 cm³/mol. The van der Waals surface area contributed by atoms with Crippen LogP contribution in [0.25, 0.3) is 11.1 Å². The Morgan fingerprint density at radius 3 is 2.74 bits per heavy atom. The highest BCUT2D eigenvalue weighted by Crippen LogP contribution is 2.47. The molecule has 3 heterocycles. The Hall–Kier alpha value is -3.55. The lowest BCUT2D eigenvalue weighted by Crippen LogP contribution is -2.23. The van der Waals surface area contributed by atoms with Crippen LogP contribution in [-0.4, -0.2) is 39.2 Å². The summed E-state index contributed by atoms with van der Waals surface area (Å²) in [6.45, 7) is 4.17. The zero-order valence-electron chi connectivity index (χ0n) is 17.7. The molecule has 0 saturated heterocycles. The smallest absolute Gasteiger partial charge is 0.325 e. The minimum atomic E-state index is -0.500. The molecule has 4 rings (SSSR count). The fraction of sp³-hybridized carbons (Fsp3) is 0.348. The Morgan fingerprint density at radius 2 is 2.00 bits per heavy atom. The van der Waals surface area contributed by atoms with Gasteiger partial charge >= 0.3 is 5.97 Å². The van der Waals surface area contributed by atoms with Gasteiger partial charge in [-0.1, -0.05) is 6.07 Å². The number of aromatic nitrogens is 4. The monoisotopic (exact) mass is 420 g/mol. The molecule has 0 spiro atoms. The summed E-state index contributed by atoms with van der Waals surface area (Å²) in [7, 11) is 1.29. The van der Waals surface area contributed by atoms with Gasteiger partial charge in [0.2, 0.25) is 5.88 Å². The molecular formula is C23H24N4O4. The molecule has 3 aromatic heterocycles. The Labute approximate surface area is 179 Å². The molecule has 0 radical (unpaired) electrons. The van der Waals surface area contributed by atoms with E-state index in [9.17, 15) is 9.59 Å². The van der Waals surface area contributed by atoms with Crippen molar-refractivity contribution in [3.8, 4) is 17.0 Å². The average molecular weight is 420 g/mol. The van der Waals surface area contributed by atoms with Crippen LogP contribution >= 0.6 is 0 Å². The van der Waals surface area contributed by atoms with E-state index >= 15 is 0 Å². The largest absolute Gasteiger partial charge is 0.477 e. The van der Waals surface area contributed by atoms with Gasteiger partial charge in [0, 0.05) is 47.8 Å². The molecule has 0 aliphatic heterocycles. The summed E-state index contributed by atoms with van der Waals surface area (Å²) >= 11 is 0. The highest BCUT2D eigenvalue weighted by molar-refractivity contribution is 5.70. The van der Waals surface area contributed by atoms with Crippen molar-refractivity contribution in [2.75, 3.05) is 13.7 Å². The highest BCUT2D eigenvalue weighted by Gasteiger charge is 2.40. The van der Waals surface area contributed by atoms with Crippen molar-refractivity contribution in [2.24, 2.45) is 5.92 Å². The first-order valence-electron chi connectivity index (χ1n) is 10.1. The summed E-state index contributed by atoms with van der Waals surface area (Å²) in [6.07, 6.45) is 6.18. The molecule has 1 saturated carbocycles. The Bertz CT molecular complexity index is 1160. The summed E-state index contributed by atoms with van der Waals surface area (Å²) in [5, 5.41) is 0. The van der Waals surface area contributed by atoms with Crippen LogP contribution in [-0.2, 0) is 16.1 Å². The van der Waals surface area contributed by atoms with E-state index in [0.717, 1.165) is 17.7 Å². The van der Waals surface area contributed by atoms with E-state index in [2.05, 4.69) is 31.8 Å². The second kappa shape index (κ2) is 8.67. The van der Waals surface area contributed by atoms with Crippen LogP contribution in [0.1, 0.15) is 29.4 Å². The van der Waals surface area contributed by atoms with Gasteiger partial charge in [0.15, 0.2) is 0 Å². The van der Waals surface area contributed by atoms with E-state index in [1.54, 1.807) is 25.4 Å². The van der Waals surface area contributed by atoms with E-state index in [1.165, 1.54) is 17.7 Å². The van der Waals surface area contributed by atoms with E-state index in [-0.39, 0.29) is 12.1 Å². The third kappa shape index (κ3) is 4.79. The molecule has 2 atom stereocenters. The zero-order chi connectivity index (χ0) is 22.0. The zero-order valence-corrected chi connectivity index (χ0v) is 17.7. The first-order valence-corrected chi connectivity index (χ1v) is 10.1. The number of methoxy groups -OCH3 is 1. The lowest BCUT2D eigenvalue weighted by molar-refractivity contribution is -0.141. The number of pyridine rings is 2. The number of hydrogen-bond donors (Lipinski definition) is 0. The van der Waals surface area contributed by atoms with Gasteiger partial charge in [0.05, 0.1) is 19.3 Å². The van der Waals surface area contributed by atoms with Crippen LogP contribution < -0.4 is 10.3 Å². The number of carbonyl (C=O) groups excluding carboxylic acids is 1. The normalized spacial score (nSPS) is 17.3. The maximum atomic E-state index is 12.1. The summed E-state index contributed by atoms with van der Waals surface area (Å²) in [5.41, 5.74) is 3.29. The molecule has 1 aliphatic carbocycles. The number of carbonyl (C=O) groups is 1. The van der Waals surface area contributed by atoms with Gasteiger partial charge in [-0.15, -0.1) is 0 Å². The molecule has 160 valence electrons. The molecule has 0 bridgehead atoms. The van der Waals surface area contributed by atoms with Gasteiger partial charge in [-0.2, -0.15) is 4.98 Å². The number of nitrogens with zero attached hydrogens (tertiary/aromatic N) is 4. The molecule has 8 heteroatoms. The Morgan fingerprint density at radius 1 is 1.16 bits per heavy atom. The van der Waals surface area contributed by atoms with Crippen LogP contribution in [0.4, 0.5) is 0 Å². The topological polar surface area (TPSA) is 96.2 Å². The van der Waals surface area contributed by atoms with Gasteiger partial charge in [-0.05, 0) is 38.0 Å². The number of rotatable bonds is 7. The lowest BCUT2D eigenvalue weighted by atomic mass is 10.1. The van der Waals surface area contributed by atoms with Crippen LogP contribution in [0, 0.1) is 19.8 Å². The Balaban J connectivity index is 1.52. The van der Waals surface area contributed by atoms with Gasteiger partial charge < -0.3 is 14.0 Å². The first kappa shape index (κ1) is 20.7. The fourth-order valence-corrected chi connectivity index (χ4v) is 3.45. The fourth-order valence-electron chi connectivity index (χ4n) is 3.45. The molecule has 0 N–H and O–H groups in total. The molecular weight excluding hydrogens is 396 g/mol. The van der Waals surface area contributed by atoms with E-state index in [1.807, 2.05) is 13.1 Å². The molecule has 3 aromatic rings. The lowest BCUT2D eigenvalue weighted by Gasteiger charge is -2.12. The molecule has 1 fully saturated rings. The third-order valence-electron chi connectivity index (χ3n) is 5.37. The standard InChI is InChI=1S/C23H24N4O4/c1-14-4-6-20(25-9-14)18-8-17(18)13-31-23-19(10-24-15(2)26-23)16-5-7-21(28)27(11-16)12-22(29)30-3/h4-7,9-11,17-18H,8,12-13H2,1-3H3/t17?,18-/m0/s1. The minimum Gasteiger partial charge on any atom is -0.477 e. The van der Waals surface area contributed by atoms with Crippen LogP contribution in [0.5, 0.6) is 5.88 Å². The number of ether oxygens (including phenoxy) is 2. The van der Waals surface area contributed by atoms with Crippen LogP contribution in [0.15, 0.2) is 47.7 Å². The van der Waals surface area contributed by atoms with Crippen molar-refractivity contribution in [1.82, 2.24) is 19.5 Å². The van der Waals surface area contributed by atoms with Gasteiger partial charge in [-0.25, -0.2) is 4.98 Å². The molecule has 0 aromatic carbocycles. The highest BCUT2D eigenvalue weighted by atomic mass is 16.5. The second-order valence-electron chi connectivity index (χ2n) is 7.77. The SMILES string of the molecule is COC(=O)Cn1cc(-c2cnc(C)nc2OCC2C[C@@H]2c2ccc(C)cn2)ccc1=O. The maximum absolute atomic E-state index is 12.1. The summed E-state index contributed by atoms with van der Waals surface area (Å²) in [5.74, 6) is 1.33. The van der Waals surface area contributed by atoms with Crippen molar-refractivity contribution in [3.63, 3.8) is 0 Å². The van der Waals surface area contributed by atoms with Gasteiger partial charge in [-0.3, -0.25) is 14.6 Å². The summed E-state index contributed by atoms with van der Waals surface area (Å²) in [4.78, 5) is 37.0.